The van der Waals surface area contributed by atoms with Crippen LogP contribution >= 0.6 is 0 Å². The number of nitrogens with one attached hydrogen (secondary N) is 1. The Morgan fingerprint density at radius 1 is 1.16 bits per heavy atom. The van der Waals surface area contributed by atoms with Crippen LogP contribution in [0.25, 0.3) is 0 Å². The molecule has 0 bridgehead atoms. The van der Waals surface area contributed by atoms with Crippen molar-refractivity contribution in [1.29, 1.82) is 0 Å². The highest BCUT2D eigenvalue weighted by Crippen LogP contribution is 2.10. The lowest BCUT2D eigenvalue weighted by atomic mass is 10.2. The average Bonchev–Trinajstić information content (AvgIpc) is 2.55. The summed E-state index contributed by atoms with van der Waals surface area (Å²) in [6.45, 7) is 6.65. The van der Waals surface area contributed by atoms with E-state index in [0.29, 0.717) is 0 Å². The number of likely N-dealkylation sites (tertiary alicyclic amines) is 1. The number of ether oxygens (including phenoxy) is 1. The van der Waals surface area contributed by atoms with E-state index in [0.717, 1.165) is 19.6 Å². The third kappa shape index (κ3) is 7.25. The Balaban J connectivity index is 2.38. The molecule has 0 aromatic rings. The highest BCUT2D eigenvalue weighted by molar-refractivity contribution is 7.89. The third-order valence-electron chi connectivity index (χ3n) is 3.47. The summed E-state index contributed by atoms with van der Waals surface area (Å²) < 4.78 is 31.6. The first-order chi connectivity index (χ1) is 8.93. The van der Waals surface area contributed by atoms with Crippen molar-refractivity contribution in [2.45, 2.75) is 51.7 Å². The molecule has 0 saturated carbocycles. The highest BCUT2D eigenvalue weighted by Gasteiger charge is 2.20. The summed E-state index contributed by atoms with van der Waals surface area (Å²) in [5.41, 5.74) is 0. The smallest absolute Gasteiger partial charge is 0.214 e. The van der Waals surface area contributed by atoms with Gasteiger partial charge in [-0.15, -0.1) is 0 Å². The van der Waals surface area contributed by atoms with Crippen LogP contribution in [0.15, 0.2) is 0 Å². The van der Waals surface area contributed by atoms with Crippen LogP contribution in [0.1, 0.15) is 39.5 Å². The van der Waals surface area contributed by atoms with Crippen LogP contribution in [0, 0.1) is 0 Å². The molecule has 2 unspecified atom stereocenters. The Bertz CT molecular complexity index is 338. The van der Waals surface area contributed by atoms with Crippen molar-refractivity contribution in [1.82, 2.24) is 9.62 Å². The predicted molar refractivity (Wildman–Crippen MR) is 77.8 cm³/mol. The van der Waals surface area contributed by atoms with Gasteiger partial charge in [-0.3, -0.25) is 0 Å². The summed E-state index contributed by atoms with van der Waals surface area (Å²) in [6.07, 6.45) is 4.76. The zero-order chi connectivity index (χ0) is 14.3. The van der Waals surface area contributed by atoms with Gasteiger partial charge in [0, 0.05) is 19.7 Å². The number of nitrogens with zero attached hydrogens (tertiary/aromatic N) is 1. The number of hydrogen-bond acceptors (Lipinski definition) is 4. The van der Waals surface area contributed by atoms with Crippen molar-refractivity contribution in [3.8, 4) is 0 Å². The molecule has 0 aromatic carbocycles. The molecule has 1 heterocycles. The van der Waals surface area contributed by atoms with Crippen LogP contribution in [-0.4, -0.2) is 58.0 Å². The van der Waals surface area contributed by atoms with Crippen molar-refractivity contribution >= 4 is 10.0 Å². The molecule has 1 fully saturated rings. The molecular formula is C13H28N2O3S. The van der Waals surface area contributed by atoms with Gasteiger partial charge < -0.3 is 9.64 Å². The van der Waals surface area contributed by atoms with Crippen LogP contribution in [0.2, 0.25) is 0 Å². The minimum absolute atomic E-state index is 0.0217. The minimum atomic E-state index is -3.25. The van der Waals surface area contributed by atoms with Crippen LogP contribution in [0.4, 0.5) is 0 Å². The molecule has 0 amide bonds. The van der Waals surface area contributed by atoms with Crippen molar-refractivity contribution in [3.05, 3.63) is 0 Å². The van der Waals surface area contributed by atoms with E-state index in [4.69, 9.17) is 4.74 Å². The van der Waals surface area contributed by atoms with Crippen LogP contribution in [-0.2, 0) is 14.8 Å². The molecule has 1 saturated heterocycles. The van der Waals surface area contributed by atoms with E-state index in [2.05, 4.69) is 9.62 Å². The zero-order valence-corrected chi connectivity index (χ0v) is 13.2. The quantitative estimate of drug-likeness (QED) is 0.766. The van der Waals surface area contributed by atoms with Gasteiger partial charge in [0.15, 0.2) is 0 Å². The molecule has 0 spiro atoms. The number of methoxy groups -OCH3 is 1. The fourth-order valence-electron chi connectivity index (χ4n) is 2.47. The lowest BCUT2D eigenvalue weighted by Crippen LogP contribution is -2.44. The van der Waals surface area contributed by atoms with Crippen molar-refractivity contribution in [3.63, 3.8) is 0 Å². The molecule has 1 aliphatic rings. The molecule has 0 aliphatic carbocycles. The van der Waals surface area contributed by atoms with Crippen molar-refractivity contribution in [2.75, 3.05) is 32.5 Å². The van der Waals surface area contributed by atoms with Crippen LogP contribution < -0.4 is 4.72 Å². The molecular weight excluding hydrogens is 264 g/mol. The summed E-state index contributed by atoms with van der Waals surface area (Å²) in [7, 11) is -1.73. The molecule has 1 N–H and O–H groups in total. The Hall–Kier alpha value is -0.170. The Labute approximate surface area is 117 Å². The first-order valence-corrected chi connectivity index (χ1v) is 8.83. The first kappa shape index (κ1) is 16.9. The maximum absolute atomic E-state index is 11.9. The average molecular weight is 292 g/mol. The van der Waals surface area contributed by atoms with Gasteiger partial charge in [0.25, 0.3) is 0 Å². The minimum Gasteiger partial charge on any atom is -0.381 e. The summed E-state index contributed by atoms with van der Waals surface area (Å²) in [6, 6.07) is -0.0489. The number of hydrogen-bond donors (Lipinski definition) is 1. The standard InChI is InChI=1S/C13H28N2O3S/c1-12(10-15-8-6-4-5-7-9-15)14-19(16,17)11-13(2)18-3/h12-14H,4-11H2,1-3H3. The fraction of sp³-hybridized carbons (Fsp3) is 1.00. The summed E-state index contributed by atoms with van der Waals surface area (Å²) in [4.78, 5) is 2.36. The van der Waals surface area contributed by atoms with E-state index in [9.17, 15) is 8.42 Å². The van der Waals surface area contributed by atoms with Gasteiger partial charge in [0.1, 0.15) is 0 Å². The highest BCUT2D eigenvalue weighted by atomic mass is 32.2. The van der Waals surface area contributed by atoms with Gasteiger partial charge in [-0.2, -0.15) is 0 Å². The van der Waals surface area contributed by atoms with Gasteiger partial charge in [-0.1, -0.05) is 12.8 Å². The van der Waals surface area contributed by atoms with Crippen LogP contribution in [0.5, 0.6) is 0 Å². The van der Waals surface area contributed by atoms with Gasteiger partial charge in [0.05, 0.1) is 11.9 Å². The maximum Gasteiger partial charge on any atom is 0.214 e. The van der Waals surface area contributed by atoms with E-state index in [1.165, 1.54) is 32.8 Å². The third-order valence-corrected chi connectivity index (χ3v) is 5.14. The van der Waals surface area contributed by atoms with Gasteiger partial charge in [-0.25, -0.2) is 13.1 Å². The second-order valence-corrected chi connectivity index (χ2v) is 7.36. The molecule has 5 nitrogen and oxygen atoms in total. The largest absolute Gasteiger partial charge is 0.381 e. The predicted octanol–water partition coefficient (Wildman–Crippen LogP) is 1.21. The summed E-state index contributed by atoms with van der Waals surface area (Å²) >= 11 is 0. The Morgan fingerprint density at radius 2 is 1.74 bits per heavy atom. The van der Waals surface area contributed by atoms with Gasteiger partial charge >= 0.3 is 0 Å². The topological polar surface area (TPSA) is 58.6 Å². The zero-order valence-electron chi connectivity index (χ0n) is 12.4. The first-order valence-electron chi connectivity index (χ1n) is 7.18. The molecule has 0 radical (unpaired) electrons. The second kappa shape index (κ2) is 8.19. The van der Waals surface area contributed by atoms with Crippen molar-refractivity contribution < 1.29 is 13.2 Å². The second-order valence-electron chi connectivity index (χ2n) is 5.56. The van der Waals surface area contributed by atoms with Crippen molar-refractivity contribution in [2.24, 2.45) is 0 Å². The normalized spacial score (nSPS) is 21.8. The number of sulfonamides is 1. The lowest BCUT2D eigenvalue weighted by Gasteiger charge is -2.24. The van der Waals surface area contributed by atoms with E-state index in [1.54, 1.807) is 6.92 Å². The molecule has 2 atom stereocenters. The maximum atomic E-state index is 11.9. The monoisotopic (exact) mass is 292 g/mol. The van der Waals surface area contributed by atoms with E-state index >= 15 is 0 Å². The van der Waals surface area contributed by atoms with E-state index in [-0.39, 0.29) is 17.9 Å². The SMILES string of the molecule is COC(C)CS(=O)(=O)NC(C)CN1CCCCCC1. The molecule has 114 valence electrons. The number of rotatable bonds is 7. The summed E-state index contributed by atoms with van der Waals surface area (Å²) in [5, 5.41) is 0. The Morgan fingerprint density at radius 3 is 2.26 bits per heavy atom. The molecule has 0 aromatic heterocycles. The Kier molecular flexibility index (Phi) is 7.28. The molecule has 1 aliphatic heterocycles. The molecule has 19 heavy (non-hydrogen) atoms. The lowest BCUT2D eigenvalue weighted by molar-refractivity contribution is 0.136. The fourth-order valence-corrected chi connectivity index (χ4v) is 4.01. The van der Waals surface area contributed by atoms with Crippen LogP contribution in [0.3, 0.4) is 0 Å². The molecule has 1 rings (SSSR count). The van der Waals surface area contributed by atoms with E-state index in [1.807, 2.05) is 6.92 Å². The molecule has 6 heteroatoms. The van der Waals surface area contributed by atoms with E-state index < -0.39 is 10.0 Å². The van der Waals surface area contributed by atoms with Gasteiger partial charge in [0.2, 0.25) is 10.0 Å². The van der Waals surface area contributed by atoms with Gasteiger partial charge in [-0.05, 0) is 39.8 Å². The summed E-state index contributed by atoms with van der Waals surface area (Å²) in [5.74, 6) is 0.0217.